The third kappa shape index (κ3) is 2.16. The molecule has 0 saturated carbocycles. The minimum atomic E-state index is 1.11. The predicted octanol–water partition coefficient (Wildman–Crippen LogP) is 7.91. The van der Waals surface area contributed by atoms with Crippen molar-refractivity contribution in [2.24, 2.45) is 0 Å². The summed E-state index contributed by atoms with van der Waals surface area (Å²) in [6.45, 7) is 0. The molecule has 128 valence electrons. The molecule has 0 amide bonds. The van der Waals surface area contributed by atoms with Gasteiger partial charge in [0.15, 0.2) is 0 Å². The number of hydrogen-bond donors (Lipinski definition) is 0. The van der Waals surface area contributed by atoms with Crippen molar-refractivity contribution in [1.29, 1.82) is 0 Å². The molecular weight excluding hydrogens is 414 g/mol. The molecule has 0 atom stereocenters. The third-order valence-corrected chi connectivity index (χ3v) is 6.93. The first-order valence-electron chi connectivity index (χ1n) is 8.90. The van der Waals surface area contributed by atoms with E-state index >= 15 is 0 Å². The minimum Gasteiger partial charge on any atom is -0.308 e. The zero-order chi connectivity index (χ0) is 18.0. The van der Waals surface area contributed by atoms with E-state index in [2.05, 4.69) is 105 Å². The van der Waals surface area contributed by atoms with Crippen molar-refractivity contribution < 1.29 is 0 Å². The van der Waals surface area contributed by atoms with E-state index in [0.717, 1.165) is 4.47 Å². The first kappa shape index (κ1) is 15.4. The molecule has 0 radical (unpaired) electrons. The maximum absolute atomic E-state index is 3.65. The summed E-state index contributed by atoms with van der Waals surface area (Å²) in [5, 5.41) is 5.25. The summed E-state index contributed by atoms with van der Waals surface area (Å²) >= 11 is 5.54. The molecule has 0 spiro atoms. The standard InChI is InChI=1S/C24H14BrNS/c25-15-10-13-21-20(14-15)18-11-12-19-17-8-4-5-9-22(17)27-24(19)23(18)26(21)16-6-2-1-3-7-16/h1-14H. The molecule has 0 aliphatic carbocycles. The van der Waals surface area contributed by atoms with Gasteiger partial charge in [0.2, 0.25) is 0 Å². The Hall–Kier alpha value is -2.62. The second-order valence-electron chi connectivity index (χ2n) is 6.77. The van der Waals surface area contributed by atoms with Crippen LogP contribution in [0.15, 0.2) is 89.4 Å². The van der Waals surface area contributed by atoms with E-state index in [0.29, 0.717) is 0 Å². The second-order valence-corrected chi connectivity index (χ2v) is 8.74. The fourth-order valence-corrected chi connectivity index (χ4v) is 5.70. The topological polar surface area (TPSA) is 4.93 Å². The van der Waals surface area contributed by atoms with Crippen molar-refractivity contribution in [2.75, 3.05) is 0 Å². The normalized spacial score (nSPS) is 11.9. The van der Waals surface area contributed by atoms with Gasteiger partial charge >= 0.3 is 0 Å². The van der Waals surface area contributed by atoms with E-state index in [-0.39, 0.29) is 0 Å². The fourth-order valence-electron chi connectivity index (χ4n) is 4.10. The smallest absolute Gasteiger partial charge is 0.0719 e. The van der Waals surface area contributed by atoms with Crippen LogP contribution in [0.3, 0.4) is 0 Å². The van der Waals surface area contributed by atoms with Crippen LogP contribution in [-0.2, 0) is 0 Å². The zero-order valence-electron chi connectivity index (χ0n) is 14.3. The Labute approximate surface area is 168 Å². The predicted molar refractivity (Wildman–Crippen MR) is 121 cm³/mol. The van der Waals surface area contributed by atoms with Gasteiger partial charge in [0.1, 0.15) is 0 Å². The molecule has 6 rings (SSSR count). The number of rotatable bonds is 1. The summed E-state index contributed by atoms with van der Waals surface area (Å²) in [6, 6.07) is 30.5. The molecule has 0 saturated heterocycles. The maximum Gasteiger partial charge on any atom is 0.0719 e. The highest BCUT2D eigenvalue weighted by Gasteiger charge is 2.17. The van der Waals surface area contributed by atoms with Crippen molar-refractivity contribution >= 4 is 69.2 Å². The van der Waals surface area contributed by atoms with E-state index < -0.39 is 0 Å². The zero-order valence-corrected chi connectivity index (χ0v) is 16.7. The highest BCUT2D eigenvalue weighted by Crippen LogP contribution is 2.43. The first-order valence-corrected chi connectivity index (χ1v) is 10.5. The Kier molecular flexibility index (Phi) is 3.25. The molecule has 0 aliphatic rings. The summed E-state index contributed by atoms with van der Waals surface area (Å²) < 4.78 is 6.21. The minimum absolute atomic E-state index is 1.11. The number of aromatic nitrogens is 1. The van der Waals surface area contributed by atoms with Crippen LogP contribution in [0.5, 0.6) is 0 Å². The van der Waals surface area contributed by atoms with Gasteiger partial charge in [0.25, 0.3) is 0 Å². The van der Waals surface area contributed by atoms with Crippen molar-refractivity contribution in [2.45, 2.75) is 0 Å². The Morgan fingerprint density at radius 3 is 2.33 bits per heavy atom. The number of nitrogens with zero attached hydrogens (tertiary/aromatic N) is 1. The maximum atomic E-state index is 3.65. The van der Waals surface area contributed by atoms with E-state index in [1.165, 1.54) is 47.7 Å². The van der Waals surface area contributed by atoms with Crippen LogP contribution in [0.25, 0.3) is 47.7 Å². The second kappa shape index (κ2) is 5.69. The molecule has 0 aliphatic heterocycles. The Morgan fingerprint density at radius 2 is 1.44 bits per heavy atom. The lowest BCUT2D eigenvalue weighted by Gasteiger charge is -2.08. The van der Waals surface area contributed by atoms with Crippen LogP contribution in [0.4, 0.5) is 0 Å². The highest BCUT2D eigenvalue weighted by molar-refractivity contribution is 9.10. The summed E-state index contributed by atoms with van der Waals surface area (Å²) in [6.07, 6.45) is 0. The largest absolute Gasteiger partial charge is 0.308 e. The van der Waals surface area contributed by atoms with E-state index in [4.69, 9.17) is 0 Å². The number of halogens is 1. The average molecular weight is 428 g/mol. The van der Waals surface area contributed by atoms with Crippen LogP contribution < -0.4 is 0 Å². The Morgan fingerprint density at radius 1 is 0.667 bits per heavy atom. The van der Waals surface area contributed by atoms with Crippen LogP contribution in [0.1, 0.15) is 0 Å². The third-order valence-electron chi connectivity index (χ3n) is 5.25. The van der Waals surface area contributed by atoms with Crippen LogP contribution in [0.2, 0.25) is 0 Å². The first-order chi connectivity index (χ1) is 13.3. The number of hydrogen-bond acceptors (Lipinski definition) is 1. The monoisotopic (exact) mass is 427 g/mol. The molecule has 6 aromatic rings. The van der Waals surface area contributed by atoms with Crippen LogP contribution >= 0.6 is 27.3 Å². The molecule has 1 nitrogen and oxygen atoms in total. The number of benzene rings is 4. The lowest BCUT2D eigenvalue weighted by molar-refractivity contribution is 1.19. The van der Waals surface area contributed by atoms with E-state index in [9.17, 15) is 0 Å². The molecular formula is C24H14BrNS. The molecule has 0 bridgehead atoms. The van der Waals surface area contributed by atoms with E-state index in [1.807, 2.05) is 11.3 Å². The van der Waals surface area contributed by atoms with Crippen LogP contribution in [-0.4, -0.2) is 4.57 Å². The molecule has 2 aromatic heterocycles. The molecule has 0 unspecified atom stereocenters. The number of para-hydroxylation sites is 1. The van der Waals surface area contributed by atoms with Gasteiger partial charge in [0, 0.05) is 36.4 Å². The van der Waals surface area contributed by atoms with Gasteiger partial charge in [0.05, 0.1) is 15.7 Å². The van der Waals surface area contributed by atoms with Crippen molar-refractivity contribution in [3.05, 3.63) is 89.4 Å². The molecule has 27 heavy (non-hydrogen) atoms. The molecule has 0 fully saturated rings. The molecule has 2 heterocycles. The van der Waals surface area contributed by atoms with Gasteiger partial charge in [-0.05, 0) is 36.4 Å². The van der Waals surface area contributed by atoms with Crippen molar-refractivity contribution in [1.82, 2.24) is 4.57 Å². The van der Waals surface area contributed by atoms with Gasteiger partial charge in [-0.25, -0.2) is 0 Å². The lowest BCUT2D eigenvalue weighted by atomic mass is 10.1. The lowest BCUT2D eigenvalue weighted by Crippen LogP contribution is -1.93. The molecule has 4 aromatic carbocycles. The van der Waals surface area contributed by atoms with E-state index in [1.54, 1.807) is 0 Å². The van der Waals surface area contributed by atoms with Gasteiger partial charge < -0.3 is 4.57 Å². The quantitative estimate of drug-likeness (QED) is 0.251. The summed E-state index contributed by atoms with van der Waals surface area (Å²) in [7, 11) is 0. The molecule has 3 heteroatoms. The number of thiophene rings is 1. The number of fused-ring (bicyclic) bond motifs is 7. The van der Waals surface area contributed by atoms with Gasteiger partial charge in [-0.2, -0.15) is 0 Å². The Balaban J connectivity index is 1.92. The summed E-state index contributed by atoms with van der Waals surface area (Å²) in [5.74, 6) is 0. The summed E-state index contributed by atoms with van der Waals surface area (Å²) in [4.78, 5) is 0. The van der Waals surface area contributed by atoms with Gasteiger partial charge in [-0.15, -0.1) is 11.3 Å². The van der Waals surface area contributed by atoms with Gasteiger partial charge in [-0.3, -0.25) is 0 Å². The SMILES string of the molecule is Brc1ccc2c(c1)c1ccc3c4ccccc4sc3c1n2-c1ccccc1. The highest BCUT2D eigenvalue weighted by atomic mass is 79.9. The fraction of sp³-hybridized carbons (Fsp3) is 0. The van der Waals surface area contributed by atoms with Crippen molar-refractivity contribution in [3.8, 4) is 5.69 Å². The van der Waals surface area contributed by atoms with Crippen molar-refractivity contribution in [3.63, 3.8) is 0 Å². The average Bonchev–Trinajstić information content (AvgIpc) is 3.24. The molecule has 0 N–H and O–H groups in total. The Bertz CT molecular complexity index is 1470. The van der Waals surface area contributed by atoms with Crippen LogP contribution in [0, 0.1) is 0 Å². The van der Waals surface area contributed by atoms with Gasteiger partial charge in [-0.1, -0.05) is 64.5 Å². The summed E-state index contributed by atoms with van der Waals surface area (Å²) in [5.41, 5.74) is 3.74.